The summed E-state index contributed by atoms with van der Waals surface area (Å²) in [4.78, 5) is 0. The standard InChI is InChI=1S/C8H17N/c1-3-8(2)6-4-5-7(8)9/h7H,3-6,9H2,1-2H3. The number of rotatable bonds is 1. The van der Waals surface area contributed by atoms with E-state index in [0.717, 1.165) is 0 Å². The van der Waals surface area contributed by atoms with Crippen LogP contribution in [0.5, 0.6) is 0 Å². The Hall–Kier alpha value is -0.0400. The maximum Gasteiger partial charge on any atom is 0.00928 e. The molecule has 54 valence electrons. The van der Waals surface area contributed by atoms with E-state index in [1.54, 1.807) is 0 Å². The van der Waals surface area contributed by atoms with Crippen LogP contribution >= 0.6 is 0 Å². The first kappa shape index (κ1) is 7.07. The molecular formula is C8H17N. The highest BCUT2D eigenvalue weighted by Gasteiger charge is 2.33. The fourth-order valence-electron chi connectivity index (χ4n) is 1.70. The van der Waals surface area contributed by atoms with Crippen molar-refractivity contribution in [2.45, 2.75) is 45.6 Å². The molecule has 1 aliphatic carbocycles. The Morgan fingerprint density at radius 3 is 2.56 bits per heavy atom. The van der Waals surface area contributed by atoms with E-state index in [0.29, 0.717) is 11.5 Å². The molecule has 0 aliphatic heterocycles. The maximum atomic E-state index is 5.92. The van der Waals surface area contributed by atoms with Crippen LogP contribution in [-0.4, -0.2) is 6.04 Å². The van der Waals surface area contributed by atoms with Crippen molar-refractivity contribution < 1.29 is 0 Å². The minimum atomic E-state index is 0.472. The lowest BCUT2D eigenvalue weighted by atomic mass is 9.83. The molecule has 1 aliphatic rings. The maximum absolute atomic E-state index is 5.92. The van der Waals surface area contributed by atoms with Crippen LogP contribution in [0.15, 0.2) is 0 Å². The van der Waals surface area contributed by atoms with Crippen molar-refractivity contribution in [2.75, 3.05) is 0 Å². The van der Waals surface area contributed by atoms with Crippen molar-refractivity contribution in [2.24, 2.45) is 11.1 Å². The summed E-state index contributed by atoms with van der Waals surface area (Å²) in [6.07, 6.45) is 5.16. The Morgan fingerprint density at radius 2 is 2.33 bits per heavy atom. The van der Waals surface area contributed by atoms with Crippen LogP contribution in [0.1, 0.15) is 39.5 Å². The Kier molecular flexibility index (Phi) is 1.80. The van der Waals surface area contributed by atoms with Gasteiger partial charge in [-0.25, -0.2) is 0 Å². The summed E-state index contributed by atoms with van der Waals surface area (Å²) in [6, 6.07) is 0.475. The van der Waals surface area contributed by atoms with Gasteiger partial charge in [0.1, 0.15) is 0 Å². The van der Waals surface area contributed by atoms with Gasteiger partial charge in [0.2, 0.25) is 0 Å². The van der Waals surface area contributed by atoms with Crippen LogP contribution in [0.2, 0.25) is 0 Å². The lowest BCUT2D eigenvalue weighted by Gasteiger charge is -2.26. The number of hydrogen-bond acceptors (Lipinski definition) is 1. The first-order valence-electron chi connectivity index (χ1n) is 3.94. The van der Waals surface area contributed by atoms with Crippen molar-refractivity contribution in [3.8, 4) is 0 Å². The van der Waals surface area contributed by atoms with Gasteiger partial charge in [-0.15, -0.1) is 0 Å². The fraction of sp³-hybridized carbons (Fsp3) is 1.00. The fourth-order valence-corrected chi connectivity index (χ4v) is 1.70. The predicted octanol–water partition coefficient (Wildman–Crippen LogP) is 1.91. The van der Waals surface area contributed by atoms with Gasteiger partial charge < -0.3 is 5.73 Å². The Bertz CT molecular complexity index is 101. The zero-order valence-corrected chi connectivity index (χ0v) is 6.48. The summed E-state index contributed by atoms with van der Waals surface area (Å²) >= 11 is 0. The second kappa shape index (κ2) is 2.30. The molecule has 1 nitrogen and oxygen atoms in total. The van der Waals surface area contributed by atoms with Gasteiger partial charge in [0.25, 0.3) is 0 Å². The van der Waals surface area contributed by atoms with E-state index < -0.39 is 0 Å². The molecule has 2 unspecified atom stereocenters. The average molecular weight is 127 g/mol. The van der Waals surface area contributed by atoms with E-state index in [4.69, 9.17) is 5.73 Å². The van der Waals surface area contributed by atoms with Crippen LogP contribution in [-0.2, 0) is 0 Å². The third-order valence-electron chi connectivity index (χ3n) is 2.97. The van der Waals surface area contributed by atoms with Gasteiger partial charge in [-0.2, -0.15) is 0 Å². The molecule has 2 N–H and O–H groups in total. The lowest BCUT2D eigenvalue weighted by molar-refractivity contribution is 0.282. The van der Waals surface area contributed by atoms with Gasteiger partial charge in [-0.3, -0.25) is 0 Å². The molecule has 0 heterocycles. The first-order valence-corrected chi connectivity index (χ1v) is 3.94. The largest absolute Gasteiger partial charge is 0.327 e. The van der Waals surface area contributed by atoms with E-state index in [1.165, 1.54) is 25.7 Å². The number of hydrogen-bond donors (Lipinski definition) is 1. The molecule has 9 heavy (non-hydrogen) atoms. The summed E-state index contributed by atoms with van der Waals surface area (Å²) in [7, 11) is 0. The highest BCUT2D eigenvalue weighted by atomic mass is 14.7. The minimum Gasteiger partial charge on any atom is -0.327 e. The second-order valence-corrected chi connectivity index (χ2v) is 3.51. The second-order valence-electron chi connectivity index (χ2n) is 3.51. The van der Waals surface area contributed by atoms with Crippen LogP contribution in [0.25, 0.3) is 0 Å². The first-order chi connectivity index (χ1) is 4.19. The third-order valence-corrected chi connectivity index (χ3v) is 2.97. The molecule has 2 atom stereocenters. The predicted molar refractivity (Wildman–Crippen MR) is 40.2 cm³/mol. The van der Waals surface area contributed by atoms with Gasteiger partial charge in [-0.05, 0) is 24.7 Å². The van der Waals surface area contributed by atoms with Crippen molar-refractivity contribution in [3.05, 3.63) is 0 Å². The van der Waals surface area contributed by atoms with Crippen LogP contribution < -0.4 is 5.73 Å². The molecule has 0 amide bonds. The molecule has 0 saturated heterocycles. The zero-order chi connectivity index (χ0) is 6.91. The summed E-state index contributed by atoms with van der Waals surface area (Å²) in [5.41, 5.74) is 6.40. The molecule has 0 spiro atoms. The Morgan fingerprint density at radius 1 is 1.67 bits per heavy atom. The Labute approximate surface area is 57.6 Å². The number of nitrogens with two attached hydrogens (primary N) is 1. The topological polar surface area (TPSA) is 26.0 Å². The van der Waals surface area contributed by atoms with Crippen LogP contribution in [0.4, 0.5) is 0 Å². The van der Waals surface area contributed by atoms with E-state index >= 15 is 0 Å². The average Bonchev–Trinajstić information content (AvgIpc) is 2.15. The van der Waals surface area contributed by atoms with Crippen molar-refractivity contribution in [1.29, 1.82) is 0 Å². The molecule has 1 rings (SSSR count). The van der Waals surface area contributed by atoms with E-state index in [9.17, 15) is 0 Å². The van der Waals surface area contributed by atoms with Crippen LogP contribution in [0.3, 0.4) is 0 Å². The third kappa shape index (κ3) is 1.11. The van der Waals surface area contributed by atoms with Gasteiger partial charge in [0, 0.05) is 6.04 Å². The smallest absolute Gasteiger partial charge is 0.00928 e. The van der Waals surface area contributed by atoms with Gasteiger partial charge in [0.05, 0.1) is 0 Å². The van der Waals surface area contributed by atoms with Crippen LogP contribution in [0, 0.1) is 5.41 Å². The van der Waals surface area contributed by atoms with Gasteiger partial charge in [-0.1, -0.05) is 20.3 Å². The molecular weight excluding hydrogens is 110 g/mol. The summed E-state index contributed by atoms with van der Waals surface area (Å²) in [6.45, 7) is 4.55. The molecule has 1 saturated carbocycles. The van der Waals surface area contributed by atoms with E-state index in [2.05, 4.69) is 13.8 Å². The molecule has 0 aromatic rings. The highest BCUT2D eigenvalue weighted by molar-refractivity contribution is 4.89. The summed E-state index contributed by atoms with van der Waals surface area (Å²) < 4.78 is 0. The molecule has 0 radical (unpaired) electrons. The Balaban J connectivity index is 2.56. The minimum absolute atomic E-state index is 0.472. The molecule has 1 heteroatoms. The van der Waals surface area contributed by atoms with Crippen molar-refractivity contribution >= 4 is 0 Å². The summed E-state index contributed by atoms with van der Waals surface area (Å²) in [5.74, 6) is 0. The molecule has 0 aromatic carbocycles. The normalized spacial score (nSPS) is 43.7. The van der Waals surface area contributed by atoms with E-state index in [-0.39, 0.29) is 0 Å². The summed E-state index contributed by atoms with van der Waals surface area (Å²) in [5, 5.41) is 0. The zero-order valence-electron chi connectivity index (χ0n) is 6.48. The van der Waals surface area contributed by atoms with Crippen molar-refractivity contribution in [1.82, 2.24) is 0 Å². The quantitative estimate of drug-likeness (QED) is 0.572. The van der Waals surface area contributed by atoms with Crippen molar-refractivity contribution in [3.63, 3.8) is 0 Å². The SMILES string of the molecule is CCC1(C)CCCC1N. The molecule has 0 bridgehead atoms. The molecule has 0 aromatic heterocycles. The monoisotopic (exact) mass is 127 g/mol. The van der Waals surface area contributed by atoms with E-state index in [1.807, 2.05) is 0 Å². The van der Waals surface area contributed by atoms with Gasteiger partial charge >= 0.3 is 0 Å². The van der Waals surface area contributed by atoms with Gasteiger partial charge in [0.15, 0.2) is 0 Å². The highest BCUT2D eigenvalue weighted by Crippen LogP contribution is 2.38. The molecule has 1 fully saturated rings. The lowest BCUT2D eigenvalue weighted by Crippen LogP contribution is -2.33.